The van der Waals surface area contributed by atoms with Gasteiger partial charge in [-0.05, 0) is 24.3 Å². The summed E-state index contributed by atoms with van der Waals surface area (Å²) < 4.78 is 5.22. The highest BCUT2D eigenvalue weighted by Gasteiger charge is 2.06. The van der Waals surface area contributed by atoms with Crippen LogP contribution >= 0.6 is 0 Å². The average molecular weight is 253 g/mol. The Balaban J connectivity index is 2.09. The van der Waals surface area contributed by atoms with Gasteiger partial charge >= 0.3 is 0 Å². The molecule has 1 heterocycles. The van der Waals surface area contributed by atoms with Crippen LogP contribution in [0.1, 0.15) is 0 Å². The van der Waals surface area contributed by atoms with Gasteiger partial charge in [-0.2, -0.15) is 0 Å². The number of imidazole rings is 1. The number of hydrogen-bond acceptors (Lipinski definition) is 3. The maximum atomic E-state index is 5.22. The number of aromatic amines is 1. The van der Waals surface area contributed by atoms with E-state index in [-0.39, 0.29) is 0 Å². The molecule has 1 aromatic heterocycles. The van der Waals surface area contributed by atoms with Crippen molar-refractivity contribution in [3.8, 4) is 17.1 Å². The lowest BCUT2D eigenvalue weighted by Gasteiger charge is -2.01. The molecule has 96 valence electrons. The first-order valence-corrected chi connectivity index (χ1v) is 6.12. The summed E-state index contributed by atoms with van der Waals surface area (Å²) >= 11 is 0. The lowest BCUT2D eigenvalue weighted by atomic mass is 10.2. The van der Waals surface area contributed by atoms with Gasteiger partial charge in [-0.15, -0.1) is 0 Å². The number of H-pyrrole nitrogens is 1. The van der Waals surface area contributed by atoms with Gasteiger partial charge in [-0.25, -0.2) is 4.98 Å². The van der Waals surface area contributed by atoms with Crippen molar-refractivity contribution < 1.29 is 4.74 Å². The predicted octanol–water partition coefficient (Wildman–Crippen LogP) is 3.28. The van der Waals surface area contributed by atoms with Crippen LogP contribution in [-0.2, 0) is 0 Å². The third kappa shape index (κ3) is 2.12. The largest absolute Gasteiger partial charge is 0.497 e. The van der Waals surface area contributed by atoms with Crippen LogP contribution in [0.15, 0.2) is 42.5 Å². The minimum absolute atomic E-state index is 0.826. The van der Waals surface area contributed by atoms with Crippen molar-refractivity contribution in [3.63, 3.8) is 0 Å². The molecule has 0 bridgehead atoms. The second kappa shape index (κ2) is 4.65. The number of fused-ring (bicyclic) bond motifs is 1. The molecule has 0 radical (unpaired) electrons. The Morgan fingerprint density at radius 3 is 2.84 bits per heavy atom. The van der Waals surface area contributed by atoms with E-state index in [1.54, 1.807) is 7.11 Å². The third-order valence-electron chi connectivity index (χ3n) is 3.11. The van der Waals surface area contributed by atoms with Crippen LogP contribution in [-0.4, -0.2) is 24.1 Å². The van der Waals surface area contributed by atoms with Crippen LogP contribution in [0.5, 0.6) is 5.75 Å². The van der Waals surface area contributed by atoms with E-state index in [0.717, 1.165) is 33.9 Å². The van der Waals surface area contributed by atoms with E-state index in [9.17, 15) is 0 Å². The average Bonchev–Trinajstić information content (AvgIpc) is 2.90. The Bertz CT molecular complexity index is 718. The van der Waals surface area contributed by atoms with Crippen LogP contribution in [0.25, 0.3) is 22.4 Å². The van der Waals surface area contributed by atoms with E-state index in [2.05, 4.69) is 21.4 Å². The van der Waals surface area contributed by atoms with E-state index in [4.69, 9.17) is 4.74 Å². The molecule has 0 unspecified atom stereocenters. The molecule has 0 amide bonds. The molecule has 0 spiro atoms. The number of nitrogens with one attached hydrogen (secondary N) is 2. The zero-order valence-electron chi connectivity index (χ0n) is 10.9. The highest BCUT2D eigenvalue weighted by Crippen LogP contribution is 2.25. The number of anilines is 1. The van der Waals surface area contributed by atoms with E-state index >= 15 is 0 Å². The molecule has 0 aliphatic heterocycles. The van der Waals surface area contributed by atoms with Gasteiger partial charge in [0.15, 0.2) is 0 Å². The van der Waals surface area contributed by atoms with Gasteiger partial charge in [0.05, 0.1) is 18.1 Å². The molecule has 0 fully saturated rings. The zero-order chi connectivity index (χ0) is 13.2. The minimum atomic E-state index is 0.826. The predicted molar refractivity (Wildman–Crippen MR) is 77.6 cm³/mol. The fraction of sp³-hybridized carbons (Fsp3) is 0.133. The fourth-order valence-electron chi connectivity index (χ4n) is 2.07. The maximum Gasteiger partial charge on any atom is 0.138 e. The molecule has 4 heteroatoms. The van der Waals surface area contributed by atoms with Crippen molar-refractivity contribution in [2.24, 2.45) is 0 Å². The molecule has 0 atom stereocenters. The highest BCUT2D eigenvalue weighted by atomic mass is 16.5. The van der Waals surface area contributed by atoms with Gasteiger partial charge in [0.1, 0.15) is 11.6 Å². The van der Waals surface area contributed by atoms with Gasteiger partial charge in [0.2, 0.25) is 0 Å². The molecule has 0 aliphatic rings. The van der Waals surface area contributed by atoms with Crippen LogP contribution in [0.4, 0.5) is 5.69 Å². The van der Waals surface area contributed by atoms with Gasteiger partial charge in [0.25, 0.3) is 0 Å². The first kappa shape index (κ1) is 11.6. The quantitative estimate of drug-likeness (QED) is 0.753. The van der Waals surface area contributed by atoms with Gasteiger partial charge in [-0.3, -0.25) is 0 Å². The van der Waals surface area contributed by atoms with E-state index in [0.29, 0.717) is 0 Å². The summed E-state index contributed by atoms with van der Waals surface area (Å²) in [6, 6.07) is 14.0. The van der Waals surface area contributed by atoms with Crippen molar-refractivity contribution in [3.05, 3.63) is 42.5 Å². The monoisotopic (exact) mass is 253 g/mol. The number of hydrogen-bond donors (Lipinski definition) is 2. The van der Waals surface area contributed by atoms with E-state index in [1.807, 2.05) is 43.4 Å². The number of nitrogens with zero attached hydrogens (tertiary/aromatic N) is 1. The molecule has 4 nitrogen and oxygen atoms in total. The maximum absolute atomic E-state index is 5.22. The van der Waals surface area contributed by atoms with Crippen molar-refractivity contribution in [1.82, 2.24) is 9.97 Å². The summed E-state index contributed by atoms with van der Waals surface area (Å²) in [5, 5.41) is 3.13. The van der Waals surface area contributed by atoms with Gasteiger partial charge in [0, 0.05) is 24.4 Å². The van der Waals surface area contributed by atoms with Crippen LogP contribution in [0.2, 0.25) is 0 Å². The number of rotatable bonds is 3. The minimum Gasteiger partial charge on any atom is -0.497 e. The number of ether oxygens (including phenoxy) is 1. The lowest BCUT2D eigenvalue weighted by molar-refractivity contribution is 0.415. The second-order valence-corrected chi connectivity index (χ2v) is 4.30. The van der Waals surface area contributed by atoms with E-state index < -0.39 is 0 Å². The zero-order valence-corrected chi connectivity index (χ0v) is 10.9. The van der Waals surface area contributed by atoms with Crippen LogP contribution < -0.4 is 10.1 Å². The molecule has 3 rings (SSSR count). The molecule has 19 heavy (non-hydrogen) atoms. The van der Waals surface area contributed by atoms with E-state index in [1.165, 1.54) is 0 Å². The summed E-state index contributed by atoms with van der Waals surface area (Å²) in [6.45, 7) is 0. The second-order valence-electron chi connectivity index (χ2n) is 4.30. The topological polar surface area (TPSA) is 49.9 Å². The van der Waals surface area contributed by atoms with Crippen molar-refractivity contribution in [2.75, 3.05) is 19.5 Å². The van der Waals surface area contributed by atoms with Crippen LogP contribution in [0.3, 0.4) is 0 Å². The number of methoxy groups -OCH3 is 1. The summed E-state index contributed by atoms with van der Waals surface area (Å²) in [7, 11) is 3.57. The lowest BCUT2D eigenvalue weighted by Crippen LogP contribution is -1.88. The molecule has 2 N–H and O–H groups in total. The smallest absolute Gasteiger partial charge is 0.138 e. The Labute approximate surface area is 111 Å². The molecule has 3 aromatic rings. The summed E-state index contributed by atoms with van der Waals surface area (Å²) in [5.74, 6) is 1.69. The fourth-order valence-corrected chi connectivity index (χ4v) is 2.07. The first-order valence-electron chi connectivity index (χ1n) is 6.12. The van der Waals surface area contributed by atoms with Crippen molar-refractivity contribution >= 4 is 16.7 Å². The Morgan fingerprint density at radius 2 is 2.05 bits per heavy atom. The van der Waals surface area contributed by atoms with Crippen LogP contribution in [0, 0.1) is 0 Å². The Kier molecular flexibility index (Phi) is 2.83. The normalized spacial score (nSPS) is 10.6. The third-order valence-corrected chi connectivity index (χ3v) is 3.11. The standard InChI is InChI=1S/C15H15N3O/c1-16-11-5-3-4-10(8-11)15-17-13-7-6-12(19-2)9-14(13)18-15/h3-9,16H,1-2H3,(H,17,18). The molecule has 0 saturated carbocycles. The number of benzene rings is 2. The molecule has 0 aliphatic carbocycles. The summed E-state index contributed by atoms with van der Waals surface area (Å²) in [4.78, 5) is 7.91. The molecule has 2 aromatic carbocycles. The Hall–Kier alpha value is -2.49. The summed E-state index contributed by atoms with van der Waals surface area (Å²) in [6.07, 6.45) is 0. The SMILES string of the molecule is CNc1cccc(-c2nc3ccc(OC)cc3[nH]2)c1. The summed E-state index contributed by atoms with van der Waals surface area (Å²) in [5.41, 5.74) is 4.03. The molecular weight excluding hydrogens is 238 g/mol. The highest BCUT2D eigenvalue weighted by molar-refractivity contribution is 5.81. The molecule has 0 saturated heterocycles. The Morgan fingerprint density at radius 1 is 1.16 bits per heavy atom. The van der Waals surface area contributed by atoms with Crippen molar-refractivity contribution in [2.45, 2.75) is 0 Å². The van der Waals surface area contributed by atoms with Gasteiger partial charge < -0.3 is 15.0 Å². The first-order chi connectivity index (χ1) is 9.30. The molecular formula is C15H15N3O. The number of aromatic nitrogens is 2. The van der Waals surface area contributed by atoms with Crippen molar-refractivity contribution in [1.29, 1.82) is 0 Å². The van der Waals surface area contributed by atoms with Gasteiger partial charge in [-0.1, -0.05) is 12.1 Å².